The maximum atomic E-state index is 14.3. The van der Waals surface area contributed by atoms with Crippen LogP contribution in [0.4, 0.5) is 8.78 Å². The minimum absolute atomic E-state index is 0.0716. The molecular formula is C17H14Cl2F2O. The fourth-order valence-electron chi connectivity index (χ4n) is 1.88. The zero-order valence-corrected chi connectivity index (χ0v) is 13.6. The summed E-state index contributed by atoms with van der Waals surface area (Å²) in [6.07, 6.45) is -3.57. The number of alkyl halides is 2. The van der Waals surface area contributed by atoms with Gasteiger partial charge in [0.1, 0.15) is 5.75 Å². The molecular weight excluding hydrogens is 329 g/mol. The van der Waals surface area contributed by atoms with Gasteiger partial charge in [-0.25, -0.2) is 0 Å². The summed E-state index contributed by atoms with van der Waals surface area (Å²) in [7, 11) is 0. The van der Waals surface area contributed by atoms with Crippen LogP contribution in [0.2, 0.25) is 10.0 Å². The van der Waals surface area contributed by atoms with Crippen molar-refractivity contribution in [3.8, 4) is 5.75 Å². The number of halogens is 4. The molecule has 0 saturated carbocycles. The molecule has 22 heavy (non-hydrogen) atoms. The minimum Gasteiger partial charge on any atom is -0.429 e. The van der Waals surface area contributed by atoms with Gasteiger partial charge in [-0.2, -0.15) is 8.78 Å². The largest absolute Gasteiger partial charge is 0.429 e. The van der Waals surface area contributed by atoms with Crippen molar-refractivity contribution in [2.45, 2.75) is 20.0 Å². The molecule has 5 heteroatoms. The molecule has 0 unspecified atom stereocenters. The minimum atomic E-state index is -3.57. The highest BCUT2D eigenvalue weighted by Gasteiger charge is 2.37. The summed E-state index contributed by atoms with van der Waals surface area (Å²) in [4.78, 5) is 0. The van der Waals surface area contributed by atoms with Crippen molar-refractivity contribution in [3.05, 3.63) is 69.7 Å². The maximum absolute atomic E-state index is 14.3. The van der Waals surface area contributed by atoms with Crippen LogP contribution in [0.15, 0.2) is 43.0 Å². The van der Waals surface area contributed by atoms with Gasteiger partial charge in [-0.05, 0) is 60.9 Å². The second-order valence-corrected chi connectivity index (χ2v) is 5.87. The van der Waals surface area contributed by atoms with Gasteiger partial charge in [0.05, 0.1) is 5.57 Å². The molecule has 0 heterocycles. The van der Waals surface area contributed by atoms with E-state index < -0.39 is 11.7 Å². The number of hydrogen-bond donors (Lipinski definition) is 0. The Morgan fingerprint density at radius 3 is 2.14 bits per heavy atom. The number of ether oxygens (including phenoxy) is 1. The van der Waals surface area contributed by atoms with Gasteiger partial charge >= 0.3 is 6.11 Å². The SMILES string of the molecule is C=C(c1cc(Cl)cc(Cl)c1)C(F)(F)Oc1ccc(C)c(C)c1. The van der Waals surface area contributed by atoms with E-state index in [-0.39, 0.29) is 21.4 Å². The summed E-state index contributed by atoms with van der Waals surface area (Å²) in [6.45, 7) is 7.14. The van der Waals surface area contributed by atoms with Crippen LogP contribution >= 0.6 is 23.2 Å². The quantitative estimate of drug-likeness (QED) is 0.633. The van der Waals surface area contributed by atoms with Crippen molar-refractivity contribution in [2.24, 2.45) is 0 Å². The fourth-order valence-corrected chi connectivity index (χ4v) is 2.41. The van der Waals surface area contributed by atoms with Crippen LogP contribution in [0.1, 0.15) is 16.7 Å². The predicted octanol–water partition coefficient (Wildman–Crippen LogP) is 6.30. The van der Waals surface area contributed by atoms with Crippen LogP contribution in [0.5, 0.6) is 5.75 Å². The lowest BCUT2D eigenvalue weighted by atomic mass is 10.1. The van der Waals surface area contributed by atoms with Crippen molar-refractivity contribution in [1.82, 2.24) is 0 Å². The molecule has 0 N–H and O–H groups in total. The molecule has 0 spiro atoms. The zero-order valence-electron chi connectivity index (χ0n) is 12.1. The van der Waals surface area contributed by atoms with Gasteiger partial charge in [0.25, 0.3) is 0 Å². The van der Waals surface area contributed by atoms with Gasteiger partial charge in [-0.3, -0.25) is 0 Å². The van der Waals surface area contributed by atoms with E-state index in [1.807, 2.05) is 13.8 Å². The van der Waals surface area contributed by atoms with E-state index in [0.29, 0.717) is 0 Å². The maximum Gasteiger partial charge on any atom is 0.426 e. The summed E-state index contributed by atoms with van der Waals surface area (Å²) >= 11 is 11.7. The first-order valence-corrected chi connectivity index (χ1v) is 7.24. The Morgan fingerprint density at radius 2 is 1.59 bits per heavy atom. The second-order valence-electron chi connectivity index (χ2n) is 5.00. The summed E-state index contributed by atoms with van der Waals surface area (Å²) in [5.41, 5.74) is 1.49. The van der Waals surface area contributed by atoms with Crippen molar-refractivity contribution in [1.29, 1.82) is 0 Å². The number of rotatable bonds is 4. The third kappa shape index (κ3) is 3.79. The molecule has 0 atom stereocenters. The van der Waals surface area contributed by atoms with Gasteiger partial charge < -0.3 is 4.74 Å². The average Bonchev–Trinajstić information content (AvgIpc) is 2.40. The molecule has 2 rings (SSSR count). The van der Waals surface area contributed by atoms with Gasteiger partial charge in [0, 0.05) is 10.0 Å². The van der Waals surface area contributed by atoms with E-state index in [2.05, 4.69) is 6.58 Å². The summed E-state index contributed by atoms with van der Waals surface area (Å²) in [5, 5.41) is 0.510. The van der Waals surface area contributed by atoms with Crippen LogP contribution < -0.4 is 4.74 Å². The molecule has 0 saturated heterocycles. The smallest absolute Gasteiger partial charge is 0.426 e. The molecule has 2 aromatic rings. The molecule has 0 aliphatic carbocycles. The normalized spacial score (nSPS) is 11.4. The van der Waals surface area contributed by atoms with Crippen molar-refractivity contribution in [2.75, 3.05) is 0 Å². The standard InChI is InChI=1S/C17H14Cl2F2O/c1-10-4-5-16(6-11(10)2)22-17(20,21)12(3)13-7-14(18)9-15(19)8-13/h4-9H,3H2,1-2H3. The Labute approximate surface area is 138 Å². The highest BCUT2D eigenvalue weighted by Crippen LogP contribution is 2.36. The van der Waals surface area contributed by atoms with E-state index in [4.69, 9.17) is 27.9 Å². The molecule has 0 aliphatic rings. The lowest BCUT2D eigenvalue weighted by Crippen LogP contribution is -2.26. The van der Waals surface area contributed by atoms with Crippen LogP contribution in [-0.4, -0.2) is 6.11 Å². The van der Waals surface area contributed by atoms with Crippen LogP contribution in [0, 0.1) is 13.8 Å². The molecule has 0 aliphatic heterocycles. The summed E-state index contributed by atoms with van der Waals surface area (Å²) < 4.78 is 33.4. The molecule has 0 fully saturated rings. The molecule has 116 valence electrons. The van der Waals surface area contributed by atoms with Crippen LogP contribution in [-0.2, 0) is 0 Å². The van der Waals surface area contributed by atoms with Gasteiger partial charge in [0.2, 0.25) is 0 Å². The Bertz CT molecular complexity index is 706. The number of hydrogen-bond acceptors (Lipinski definition) is 1. The monoisotopic (exact) mass is 342 g/mol. The summed E-state index contributed by atoms with van der Waals surface area (Å²) in [6, 6.07) is 8.97. The summed E-state index contributed by atoms with van der Waals surface area (Å²) in [5.74, 6) is 0.0716. The highest BCUT2D eigenvalue weighted by atomic mass is 35.5. The van der Waals surface area contributed by atoms with Gasteiger partial charge in [-0.15, -0.1) is 0 Å². The van der Waals surface area contributed by atoms with Gasteiger partial charge in [-0.1, -0.05) is 35.8 Å². The van der Waals surface area contributed by atoms with Crippen molar-refractivity contribution < 1.29 is 13.5 Å². The van der Waals surface area contributed by atoms with Crippen LogP contribution in [0.3, 0.4) is 0 Å². The van der Waals surface area contributed by atoms with Crippen molar-refractivity contribution in [3.63, 3.8) is 0 Å². The second kappa shape index (κ2) is 6.27. The first kappa shape index (κ1) is 16.8. The zero-order chi connectivity index (χ0) is 16.5. The average molecular weight is 343 g/mol. The van der Waals surface area contributed by atoms with Gasteiger partial charge in [0.15, 0.2) is 0 Å². The predicted molar refractivity (Wildman–Crippen MR) is 87.0 cm³/mol. The van der Waals surface area contributed by atoms with Crippen LogP contribution in [0.25, 0.3) is 5.57 Å². The number of benzene rings is 2. The van der Waals surface area contributed by atoms with Crippen molar-refractivity contribution >= 4 is 28.8 Å². The first-order valence-electron chi connectivity index (χ1n) is 6.49. The lowest BCUT2D eigenvalue weighted by Gasteiger charge is -2.21. The van der Waals surface area contributed by atoms with E-state index in [1.54, 1.807) is 12.1 Å². The van der Waals surface area contributed by atoms with E-state index in [0.717, 1.165) is 11.1 Å². The Balaban J connectivity index is 2.28. The Morgan fingerprint density at radius 1 is 1.00 bits per heavy atom. The topological polar surface area (TPSA) is 9.23 Å². The molecule has 0 aromatic heterocycles. The van der Waals surface area contributed by atoms with E-state index in [9.17, 15) is 8.78 Å². The molecule has 0 bridgehead atoms. The molecule has 0 radical (unpaired) electrons. The first-order chi connectivity index (χ1) is 10.2. The highest BCUT2D eigenvalue weighted by molar-refractivity contribution is 6.34. The lowest BCUT2D eigenvalue weighted by molar-refractivity contribution is -0.121. The molecule has 1 nitrogen and oxygen atoms in total. The third-order valence-electron chi connectivity index (χ3n) is 3.29. The Hall–Kier alpha value is -1.58. The van der Waals surface area contributed by atoms with E-state index in [1.165, 1.54) is 24.3 Å². The molecule has 0 amide bonds. The molecule has 2 aromatic carbocycles. The Kier molecular flexibility index (Phi) is 4.78. The van der Waals surface area contributed by atoms with E-state index >= 15 is 0 Å². The third-order valence-corrected chi connectivity index (χ3v) is 3.72. The number of aryl methyl sites for hydroxylation is 2. The fraction of sp³-hybridized carbons (Fsp3) is 0.176.